The maximum absolute atomic E-state index is 12.1. The van der Waals surface area contributed by atoms with Crippen molar-refractivity contribution in [2.75, 3.05) is 5.32 Å². The third-order valence-corrected chi connectivity index (χ3v) is 5.10. The van der Waals surface area contributed by atoms with Crippen molar-refractivity contribution in [1.82, 2.24) is 4.98 Å². The summed E-state index contributed by atoms with van der Waals surface area (Å²) in [5.41, 5.74) is 2.37. The van der Waals surface area contributed by atoms with Gasteiger partial charge in [-0.3, -0.25) is 4.79 Å². The molecular formula is C20H13ClN2O2S. The van der Waals surface area contributed by atoms with Gasteiger partial charge in [-0.05, 0) is 48.5 Å². The third-order valence-electron chi connectivity index (χ3n) is 3.70. The van der Waals surface area contributed by atoms with Crippen molar-refractivity contribution in [3.05, 3.63) is 77.7 Å². The molecule has 128 valence electrons. The van der Waals surface area contributed by atoms with E-state index < -0.39 is 0 Å². The SMILES string of the molecule is O=C(C=Cc1ccco1)Nc1ccc(Cl)c(-c2nc3ccccc3s2)c1. The molecule has 0 spiro atoms. The molecule has 2 aromatic heterocycles. The number of nitrogens with one attached hydrogen (secondary N) is 1. The van der Waals surface area contributed by atoms with Crippen LogP contribution in [0.15, 0.2) is 71.4 Å². The largest absolute Gasteiger partial charge is 0.465 e. The molecular weight excluding hydrogens is 368 g/mol. The molecule has 0 fully saturated rings. The Morgan fingerprint density at radius 2 is 2.04 bits per heavy atom. The fourth-order valence-electron chi connectivity index (χ4n) is 2.48. The van der Waals surface area contributed by atoms with Crippen molar-refractivity contribution in [3.63, 3.8) is 0 Å². The molecule has 2 heterocycles. The van der Waals surface area contributed by atoms with Gasteiger partial charge in [-0.15, -0.1) is 11.3 Å². The number of furan rings is 1. The molecule has 4 aromatic rings. The van der Waals surface area contributed by atoms with Crippen LogP contribution in [0.3, 0.4) is 0 Å². The summed E-state index contributed by atoms with van der Waals surface area (Å²) in [6, 6.07) is 16.8. The zero-order chi connectivity index (χ0) is 17.9. The van der Waals surface area contributed by atoms with Crippen LogP contribution in [-0.4, -0.2) is 10.9 Å². The Morgan fingerprint density at radius 3 is 2.85 bits per heavy atom. The average molecular weight is 381 g/mol. The number of amides is 1. The molecule has 0 saturated heterocycles. The van der Waals surface area contributed by atoms with E-state index >= 15 is 0 Å². The van der Waals surface area contributed by atoms with Gasteiger partial charge in [-0.2, -0.15) is 0 Å². The lowest BCUT2D eigenvalue weighted by Crippen LogP contribution is -2.07. The minimum atomic E-state index is -0.251. The van der Waals surface area contributed by atoms with Gasteiger partial charge < -0.3 is 9.73 Å². The minimum Gasteiger partial charge on any atom is -0.465 e. The molecule has 2 aromatic carbocycles. The highest BCUT2D eigenvalue weighted by molar-refractivity contribution is 7.21. The number of hydrogen-bond donors (Lipinski definition) is 1. The van der Waals surface area contributed by atoms with Gasteiger partial charge in [-0.25, -0.2) is 4.98 Å². The average Bonchev–Trinajstić information content (AvgIpc) is 3.31. The van der Waals surface area contributed by atoms with Crippen LogP contribution in [0.4, 0.5) is 5.69 Å². The highest BCUT2D eigenvalue weighted by Gasteiger charge is 2.11. The minimum absolute atomic E-state index is 0.251. The number of benzene rings is 2. The Hall–Kier alpha value is -2.89. The molecule has 1 N–H and O–H groups in total. The van der Waals surface area contributed by atoms with Crippen LogP contribution in [0.2, 0.25) is 5.02 Å². The second kappa shape index (κ2) is 7.15. The van der Waals surface area contributed by atoms with Crippen LogP contribution >= 0.6 is 22.9 Å². The third kappa shape index (κ3) is 3.54. The van der Waals surface area contributed by atoms with E-state index in [-0.39, 0.29) is 5.91 Å². The second-order valence-corrected chi connectivity index (χ2v) is 6.96. The van der Waals surface area contributed by atoms with Crippen molar-refractivity contribution in [2.24, 2.45) is 0 Å². The molecule has 0 aliphatic carbocycles. The highest BCUT2D eigenvalue weighted by Crippen LogP contribution is 2.35. The van der Waals surface area contributed by atoms with E-state index in [4.69, 9.17) is 16.0 Å². The lowest BCUT2D eigenvalue weighted by molar-refractivity contribution is -0.111. The predicted octanol–water partition coefficient (Wildman–Crippen LogP) is 5.86. The van der Waals surface area contributed by atoms with Gasteiger partial charge in [0.2, 0.25) is 5.91 Å². The molecule has 6 heteroatoms. The van der Waals surface area contributed by atoms with Gasteiger partial charge >= 0.3 is 0 Å². The predicted molar refractivity (Wildman–Crippen MR) is 106 cm³/mol. The number of hydrogen-bond acceptors (Lipinski definition) is 4. The number of para-hydroxylation sites is 1. The number of rotatable bonds is 4. The molecule has 0 saturated carbocycles. The van der Waals surface area contributed by atoms with Crippen LogP contribution in [0, 0.1) is 0 Å². The Kier molecular flexibility index (Phi) is 4.56. The Morgan fingerprint density at radius 1 is 1.15 bits per heavy atom. The van der Waals surface area contributed by atoms with Crippen LogP contribution < -0.4 is 5.32 Å². The first-order valence-corrected chi connectivity index (χ1v) is 9.06. The molecule has 0 bridgehead atoms. The van der Waals surface area contributed by atoms with Crippen molar-refractivity contribution in [3.8, 4) is 10.6 Å². The zero-order valence-electron chi connectivity index (χ0n) is 13.5. The number of carbonyl (C=O) groups excluding carboxylic acids is 1. The first-order chi connectivity index (χ1) is 12.7. The first kappa shape index (κ1) is 16.6. The number of thiazole rings is 1. The van der Waals surface area contributed by atoms with Gasteiger partial charge in [-0.1, -0.05) is 23.7 Å². The molecule has 0 aliphatic heterocycles. The summed E-state index contributed by atoms with van der Waals surface area (Å²) < 4.78 is 6.26. The maximum atomic E-state index is 12.1. The van der Waals surface area contributed by atoms with E-state index in [1.165, 1.54) is 6.08 Å². The summed E-state index contributed by atoms with van der Waals surface area (Å²) in [6.45, 7) is 0. The number of anilines is 1. The summed E-state index contributed by atoms with van der Waals surface area (Å²) in [6.07, 6.45) is 4.59. The number of fused-ring (bicyclic) bond motifs is 1. The highest BCUT2D eigenvalue weighted by atomic mass is 35.5. The molecule has 1 amide bonds. The fraction of sp³-hybridized carbons (Fsp3) is 0. The van der Waals surface area contributed by atoms with Crippen molar-refractivity contribution in [1.29, 1.82) is 0 Å². The van der Waals surface area contributed by atoms with Crippen LogP contribution in [0.1, 0.15) is 5.76 Å². The van der Waals surface area contributed by atoms with Gasteiger partial charge in [0.15, 0.2) is 0 Å². The summed E-state index contributed by atoms with van der Waals surface area (Å²) in [5, 5.41) is 4.24. The molecule has 0 radical (unpaired) electrons. The summed E-state index contributed by atoms with van der Waals surface area (Å²) in [7, 11) is 0. The Bertz CT molecular complexity index is 1070. The smallest absolute Gasteiger partial charge is 0.248 e. The topological polar surface area (TPSA) is 55.1 Å². The van der Waals surface area contributed by atoms with Gasteiger partial charge in [0.25, 0.3) is 0 Å². The van der Waals surface area contributed by atoms with Crippen molar-refractivity contribution in [2.45, 2.75) is 0 Å². The zero-order valence-corrected chi connectivity index (χ0v) is 15.1. The summed E-state index contributed by atoms with van der Waals surface area (Å²) in [4.78, 5) is 16.7. The first-order valence-electron chi connectivity index (χ1n) is 7.87. The molecule has 0 atom stereocenters. The molecule has 4 nitrogen and oxygen atoms in total. The van der Waals surface area contributed by atoms with Crippen molar-refractivity contribution < 1.29 is 9.21 Å². The molecule has 4 rings (SSSR count). The quantitative estimate of drug-likeness (QED) is 0.451. The number of carbonyl (C=O) groups is 1. The van der Waals surface area contributed by atoms with Crippen molar-refractivity contribution >= 4 is 50.8 Å². The maximum Gasteiger partial charge on any atom is 0.248 e. The van der Waals surface area contributed by atoms with E-state index in [0.29, 0.717) is 16.5 Å². The van der Waals surface area contributed by atoms with Gasteiger partial charge in [0.05, 0.1) is 21.5 Å². The summed E-state index contributed by atoms with van der Waals surface area (Å²) >= 11 is 7.92. The normalized spacial score (nSPS) is 11.3. The van der Waals surface area contributed by atoms with E-state index in [1.807, 2.05) is 30.3 Å². The van der Waals surface area contributed by atoms with Crippen LogP contribution in [0.5, 0.6) is 0 Å². The molecule has 26 heavy (non-hydrogen) atoms. The van der Waals surface area contributed by atoms with E-state index in [0.717, 1.165) is 20.8 Å². The number of halogens is 1. The molecule has 0 aliphatic rings. The standard InChI is InChI=1S/C20H13ClN2O2S/c21-16-9-7-13(22-19(24)10-8-14-4-3-11-25-14)12-15(16)20-23-17-5-1-2-6-18(17)26-20/h1-12H,(H,22,24). The van der Waals surface area contributed by atoms with E-state index in [1.54, 1.807) is 47.9 Å². The molecule has 0 unspecified atom stereocenters. The Balaban J connectivity index is 1.58. The van der Waals surface area contributed by atoms with Gasteiger partial charge in [0, 0.05) is 17.3 Å². The van der Waals surface area contributed by atoms with Crippen LogP contribution in [-0.2, 0) is 4.79 Å². The van der Waals surface area contributed by atoms with E-state index in [2.05, 4.69) is 10.3 Å². The monoisotopic (exact) mass is 380 g/mol. The fourth-order valence-corrected chi connectivity index (χ4v) is 3.74. The van der Waals surface area contributed by atoms with E-state index in [9.17, 15) is 4.79 Å². The lowest BCUT2D eigenvalue weighted by Gasteiger charge is -2.06. The van der Waals surface area contributed by atoms with Crippen LogP contribution in [0.25, 0.3) is 26.9 Å². The number of nitrogens with zero attached hydrogens (tertiary/aromatic N) is 1. The lowest BCUT2D eigenvalue weighted by atomic mass is 10.2. The summed E-state index contributed by atoms with van der Waals surface area (Å²) in [5.74, 6) is 0.366. The van der Waals surface area contributed by atoms with Gasteiger partial charge in [0.1, 0.15) is 10.8 Å². The Labute approximate surface area is 158 Å². The second-order valence-electron chi connectivity index (χ2n) is 5.52. The number of aromatic nitrogens is 1.